The first-order valence-electron chi connectivity index (χ1n) is 19.5. The fourth-order valence-corrected chi connectivity index (χ4v) is 9.74. The molecule has 0 aliphatic heterocycles. The standard InChI is InChI=1S/C56H34/c1-3-15-41-35(11-1)23-25-37-13-9-21-49(53(37)41)45-19-7-5-17-43(45)47-31-27-39-30-34-52-48(32-28-40-29-33-51(47)55(39)56(40)52)44-18-6-8-20-46(44)50-22-10-14-38-26-24-36-12-2-4-16-42(36)54(38)50/h1-34H. The second-order valence-electron chi connectivity index (χ2n) is 15.1. The van der Waals surface area contributed by atoms with Crippen molar-refractivity contribution in [3.63, 3.8) is 0 Å². The van der Waals surface area contributed by atoms with Gasteiger partial charge >= 0.3 is 0 Å². The molecule has 0 aliphatic carbocycles. The van der Waals surface area contributed by atoms with Crippen LogP contribution in [0.4, 0.5) is 0 Å². The van der Waals surface area contributed by atoms with Gasteiger partial charge in [0.1, 0.15) is 0 Å². The Balaban J connectivity index is 1.10. The van der Waals surface area contributed by atoms with Gasteiger partial charge in [0.15, 0.2) is 0 Å². The predicted molar refractivity (Wildman–Crippen MR) is 242 cm³/mol. The number of rotatable bonds is 4. The molecule has 0 fully saturated rings. The van der Waals surface area contributed by atoms with Crippen molar-refractivity contribution in [2.24, 2.45) is 0 Å². The van der Waals surface area contributed by atoms with Gasteiger partial charge in [0.2, 0.25) is 0 Å². The van der Waals surface area contributed by atoms with Crippen LogP contribution in [0.25, 0.3) is 120 Å². The third-order valence-electron chi connectivity index (χ3n) is 12.2. The molecule has 0 heteroatoms. The van der Waals surface area contributed by atoms with Crippen molar-refractivity contribution >= 4 is 75.4 Å². The molecule has 0 radical (unpaired) electrons. The summed E-state index contributed by atoms with van der Waals surface area (Å²) in [6.45, 7) is 0. The summed E-state index contributed by atoms with van der Waals surface area (Å²) in [5, 5.41) is 18.0. The zero-order valence-electron chi connectivity index (χ0n) is 30.6. The second kappa shape index (κ2) is 12.1. The summed E-state index contributed by atoms with van der Waals surface area (Å²) in [6, 6.07) is 76.6. The number of hydrogen-bond acceptors (Lipinski definition) is 0. The van der Waals surface area contributed by atoms with Gasteiger partial charge in [0, 0.05) is 0 Å². The van der Waals surface area contributed by atoms with E-state index in [9.17, 15) is 0 Å². The van der Waals surface area contributed by atoms with Gasteiger partial charge < -0.3 is 0 Å². The Morgan fingerprint density at radius 3 is 0.911 bits per heavy atom. The monoisotopic (exact) mass is 706 g/mol. The molecular formula is C56H34. The van der Waals surface area contributed by atoms with Crippen LogP contribution in [0.3, 0.4) is 0 Å². The smallest absolute Gasteiger partial charge is 0.00203 e. The Kier molecular flexibility index (Phi) is 6.73. The maximum atomic E-state index is 2.35. The molecule has 258 valence electrons. The van der Waals surface area contributed by atoms with Crippen LogP contribution in [0, 0.1) is 0 Å². The third kappa shape index (κ3) is 4.54. The summed E-state index contributed by atoms with van der Waals surface area (Å²) in [7, 11) is 0. The Morgan fingerprint density at radius 2 is 0.446 bits per heavy atom. The lowest BCUT2D eigenvalue weighted by Gasteiger charge is -2.20. The van der Waals surface area contributed by atoms with Crippen LogP contribution in [-0.2, 0) is 0 Å². The highest BCUT2D eigenvalue weighted by atomic mass is 14.2. The molecule has 12 aromatic carbocycles. The van der Waals surface area contributed by atoms with E-state index in [1.54, 1.807) is 0 Å². The number of hydrogen-bond donors (Lipinski definition) is 0. The Hall–Kier alpha value is -7.28. The summed E-state index contributed by atoms with van der Waals surface area (Å²) in [6.07, 6.45) is 0. The van der Waals surface area contributed by atoms with Crippen molar-refractivity contribution in [3.05, 3.63) is 206 Å². The largest absolute Gasteiger partial charge is 0.0616 e. The highest BCUT2D eigenvalue weighted by molar-refractivity contribution is 6.28. The SMILES string of the molecule is c1ccc(-c2cccc3ccc4ccccc4c23)c(-c2ccc3ccc4c(-c5ccccc5-c5cccc6ccc7ccccc7c56)ccc5ccc2c3c54)c1. The van der Waals surface area contributed by atoms with E-state index >= 15 is 0 Å². The van der Waals surface area contributed by atoms with Crippen LogP contribution < -0.4 is 0 Å². The van der Waals surface area contributed by atoms with E-state index in [0.29, 0.717) is 0 Å². The average Bonchev–Trinajstić information content (AvgIpc) is 3.27. The van der Waals surface area contributed by atoms with Crippen molar-refractivity contribution in [3.8, 4) is 44.5 Å². The summed E-state index contributed by atoms with van der Waals surface area (Å²) in [5.41, 5.74) is 10.0. The maximum Gasteiger partial charge on any atom is -0.00203 e. The van der Waals surface area contributed by atoms with Crippen molar-refractivity contribution < 1.29 is 0 Å². The Labute approximate surface area is 324 Å². The molecule has 12 rings (SSSR count). The summed E-state index contributed by atoms with van der Waals surface area (Å²) in [5.74, 6) is 0. The number of benzene rings is 12. The van der Waals surface area contributed by atoms with E-state index in [1.165, 1.54) is 120 Å². The normalized spacial score (nSPS) is 11.9. The number of fused-ring (bicyclic) bond motifs is 6. The molecule has 56 heavy (non-hydrogen) atoms. The molecule has 0 aromatic heterocycles. The summed E-state index contributed by atoms with van der Waals surface area (Å²) in [4.78, 5) is 0. The summed E-state index contributed by atoms with van der Waals surface area (Å²) >= 11 is 0. The zero-order chi connectivity index (χ0) is 36.7. The minimum Gasteiger partial charge on any atom is -0.0616 e. The lowest BCUT2D eigenvalue weighted by Crippen LogP contribution is -1.92. The van der Waals surface area contributed by atoms with Crippen LogP contribution in [0.15, 0.2) is 206 Å². The van der Waals surface area contributed by atoms with Gasteiger partial charge in [-0.05, 0) is 120 Å². The molecular weight excluding hydrogens is 673 g/mol. The van der Waals surface area contributed by atoms with Crippen LogP contribution in [0.5, 0.6) is 0 Å². The van der Waals surface area contributed by atoms with Crippen LogP contribution in [-0.4, -0.2) is 0 Å². The second-order valence-corrected chi connectivity index (χ2v) is 15.1. The van der Waals surface area contributed by atoms with E-state index in [-0.39, 0.29) is 0 Å². The van der Waals surface area contributed by atoms with Crippen LogP contribution in [0.2, 0.25) is 0 Å². The molecule has 0 spiro atoms. The first-order chi connectivity index (χ1) is 27.8. The fourth-order valence-electron chi connectivity index (χ4n) is 9.74. The average molecular weight is 707 g/mol. The van der Waals surface area contributed by atoms with Crippen molar-refractivity contribution in [2.45, 2.75) is 0 Å². The molecule has 0 aliphatic rings. The molecule has 12 aromatic rings. The maximum absolute atomic E-state index is 2.35. The lowest BCUT2D eigenvalue weighted by molar-refractivity contribution is 1.62. The van der Waals surface area contributed by atoms with Gasteiger partial charge in [-0.2, -0.15) is 0 Å². The van der Waals surface area contributed by atoms with Crippen LogP contribution >= 0.6 is 0 Å². The minimum absolute atomic E-state index is 1.25. The van der Waals surface area contributed by atoms with E-state index in [1.807, 2.05) is 0 Å². The zero-order valence-corrected chi connectivity index (χ0v) is 30.6. The molecule has 0 saturated heterocycles. The Morgan fingerprint density at radius 1 is 0.143 bits per heavy atom. The van der Waals surface area contributed by atoms with Gasteiger partial charge in [-0.1, -0.05) is 206 Å². The predicted octanol–water partition coefficient (Wildman–Crippen LogP) is 15.9. The molecule has 0 amide bonds. The molecule has 0 N–H and O–H groups in total. The highest BCUT2D eigenvalue weighted by Crippen LogP contribution is 2.47. The van der Waals surface area contributed by atoms with E-state index in [4.69, 9.17) is 0 Å². The van der Waals surface area contributed by atoms with Gasteiger partial charge in [0.25, 0.3) is 0 Å². The topological polar surface area (TPSA) is 0 Å². The highest BCUT2D eigenvalue weighted by Gasteiger charge is 2.20. The quantitative estimate of drug-likeness (QED) is 0.160. The summed E-state index contributed by atoms with van der Waals surface area (Å²) < 4.78 is 0. The molecule has 0 heterocycles. The third-order valence-corrected chi connectivity index (χ3v) is 12.2. The molecule has 0 nitrogen and oxygen atoms in total. The lowest BCUT2D eigenvalue weighted by atomic mass is 9.83. The van der Waals surface area contributed by atoms with Crippen molar-refractivity contribution in [1.82, 2.24) is 0 Å². The van der Waals surface area contributed by atoms with Crippen molar-refractivity contribution in [2.75, 3.05) is 0 Å². The van der Waals surface area contributed by atoms with E-state index in [2.05, 4.69) is 206 Å². The fraction of sp³-hybridized carbons (Fsp3) is 0. The minimum atomic E-state index is 1.25. The van der Waals surface area contributed by atoms with Gasteiger partial charge in [-0.3, -0.25) is 0 Å². The first kappa shape index (κ1) is 31.1. The first-order valence-corrected chi connectivity index (χ1v) is 19.5. The van der Waals surface area contributed by atoms with E-state index < -0.39 is 0 Å². The molecule has 0 bridgehead atoms. The van der Waals surface area contributed by atoms with E-state index in [0.717, 1.165) is 0 Å². The molecule has 0 saturated carbocycles. The van der Waals surface area contributed by atoms with Gasteiger partial charge in [0.05, 0.1) is 0 Å². The van der Waals surface area contributed by atoms with Gasteiger partial charge in [-0.25, -0.2) is 0 Å². The van der Waals surface area contributed by atoms with Gasteiger partial charge in [-0.15, -0.1) is 0 Å². The molecule has 0 atom stereocenters. The molecule has 0 unspecified atom stereocenters. The van der Waals surface area contributed by atoms with Crippen LogP contribution in [0.1, 0.15) is 0 Å². The van der Waals surface area contributed by atoms with Crippen molar-refractivity contribution in [1.29, 1.82) is 0 Å². The Bertz CT molecular complexity index is 3290.